The maximum Gasteiger partial charge on any atom is 0.227 e. The van der Waals surface area contributed by atoms with Crippen molar-refractivity contribution < 1.29 is 14.7 Å². The molecule has 0 atom stereocenters. The summed E-state index contributed by atoms with van der Waals surface area (Å²) < 4.78 is 0.978. The molecule has 2 aromatic heterocycles. The lowest BCUT2D eigenvalue weighted by atomic mass is 9.88. The third-order valence-electron chi connectivity index (χ3n) is 6.11. The number of pyridine rings is 2. The molecule has 160 valence electrons. The number of carbonyl (C=O) groups excluding carboxylic acids is 1. The summed E-state index contributed by atoms with van der Waals surface area (Å²) in [6.07, 6.45) is 11.1. The topological polar surface area (TPSA) is 57.3 Å². The number of piperidine rings is 1. The van der Waals surface area contributed by atoms with Crippen LogP contribution in [0, 0.1) is 0 Å². The molecule has 0 unspecified atom stereocenters. The fourth-order valence-corrected chi connectivity index (χ4v) is 4.64. The number of benzene rings is 1. The van der Waals surface area contributed by atoms with Gasteiger partial charge in [-0.15, -0.1) is 0 Å². The molecule has 2 aliphatic rings. The largest absolute Gasteiger partial charge is 0.342 e. The SMILES string of the molecule is O=C(Cc1cc[n+](O)cc1)N1CCC(=C2c3ccc(Cl)cc3C=Cc3cccnc32)CC1. The van der Waals surface area contributed by atoms with Gasteiger partial charge in [-0.25, -0.2) is 0 Å². The van der Waals surface area contributed by atoms with Crippen molar-refractivity contribution >= 4 is 35.2 Å². The highest BCUT2D eigenvalue weighted by atomic mass is 35.5. The summed E-state index contributed by atoms with van der Waals surface area (Å²) in [5, 5.41) is 10.1. The van der Waals surface area contributed by atoms with Crippen LogP contribution in [-0.2, 0) is 11.2 Å². The van der Waals surface area contributed by atoms with Gasteiger partial charge in [0.1, 0.15) is 0 Å². The van der Waals surface area contributed by atoms with Gasteiger partial charge in [0, 0.05) is 52.3 Å². The Hall–Kier alpha value is -3.44. The minimum atomic E-state index is 0.109. The summed E-state index contributed by atoms with van der Waals surface area (Å²) >= 11 is 6.28. The quantitative estimate of drug-likeness (QED) is 0.368. The molecule has 1 aliphatic heterocycles. The summed E-state index contributed by atoms with van der Waals surface area (Å²) in [4.78, 5) is 19.5. The Morgan fingerprint density at radius 1 is 1.06 bits per heavy atom. The van der Waals surface area contributed by atoms with E-state index < -0.39 is 0 Å². The van der Waals surface area contributed by atoms with Crippen molar-refractivity contribution in [1.82, 2.24) is 9.88 Å². The zero-order valence-corrected chi connectivity index (χ0v) is 18.3. The Labute approximate surface area is 191 Å². The molecule has 1 saturated heterocycles. The molecule has 6 heteroatoms. The maximum absolute atomic E-state index is 12.8. The van der Waals surface area contributed by atoms with Crippen LogP contribution in [0.3, 0.4) is 0 Å². The van der Waals surface area contributed by atoms with Crippen LogP contribution < -0.4 is 4.73 Å². The molecule has 3 heterocycles. The van der Waals surface area contributed by atoms with E-state index in [2.05, 4.69) is 24.3 Å². The maximum atomic E-state index is 12.8. The average molecular weight is 445 g/mol. The zero-order chi connectivity index (χ0) is 22.1. The monoisotopic (exact) mass is 444 g/mol. The predicted octanol–water partition coefficient (Wildman–Crippen LogP) is 4.41. The second kappa shape index (κ2) is 8.60. The van der Waals surface area contributed by atoms with Crippen LogP contribution in [0.5, 0.6) is 0 Å². The molecule has 1 fully saturated rings. The number of hydrogen-bond acceptors (Lipinski definition) is 3. The Morgan fingerprint density at radius 2 is 1.81 bits per heavy atom. The molecule has 1 aromatic carbocycles. The number of halogens is 1. The van der Waals surface area contributed by atoms with Gasteiger partial charge in [0.15, 0.2) is 0 Å². The first-order chi connectivity index (χ1) is 15.6. The molecule has 32 heavy (non-hydrogen) atoms. The number of amides is 1. The van der Waals surface area contributed by atoms with Crippen LogP contribution in [0.25, 0.3) is 17.7 Å². The van der Waals surface area contributed by atoms with Crippen molar-refractivity contribution in [1.29, 1.82) is 0 Å². The van der Waals surface area contributed by atoms with Crippen molar-refractivity contribution in [3.05, 3.63) is 99.6 Å². The molecule has 0 saturated carbocycles. The first-order valence-electron chi connectivity index (χ1n) is 10.7. The van der Waals surface area contributed by atoms with Gasteiger partial charge >= 0.3 is 0 Å². The molecule has 5 rings (SSSR count). The van der Waals surface area contributed by atoms with Crippen LogP contribution in [0.4, 0.5) is 0 Å². The fourth-order valence-electron chi connectivity index (χ4n) is 4.46. The van der Waals surface area contributed by atoms with Crippen LogP contribution in [0.1, 0.15) is 40.8 Å². The highest BCUT2D eigenvalue weighted by Crippen LogP contribution is 2.38. The van der Waals surface area contributed by atoms with Crippen molar-refractivity contribution in [3.8, 4) is 0 Å². The first-order valence-corrected chi connectivity index (χ1v) is 11.1. The van der Waals surface area contributed by atoms with E-state index in [1.54, 1.807) is 12.1 Å². The van der Waals surface area contributed by atoms with Gasteiger partial charge in [-0.05, 0) is 47.7 Å². The van der Waals surface area contributed by atoms with Gasteiger partial charge in [0.2, 0.25) is 18.3 Å². The number of aromatic nitrogens is 2. The summed E-state index contributed by atoms with van der Waals surface area (Å²) in [5.74, 6) is 0.109. The van der Waals surface area contributed by atoms with E-state index in [1.165, 1.54) is 23.5 Å². The van der Waals surface area contributed by atoms with Gasteiger partial charge in [0.05, 0.1) is 12.1 Å². The van der Waals surface area contributed by atoms with Crippen LogP contribution in [0.15, 0.2) is 66.6 Å². The van der Waals surface area contributed by atoms with Gasteiger partial charge in [-0.1, -0.05) is 41.5 Å². The molecule has 1 aliphatic carbocycles. The molecule has 1 amide bonds. The van der Waals surface area contributed by atoms with E-state index in [1.807, 2.05) is 29.3 Å². The molecular weight excluding hydrogens is 422 g/mol. The Balaban J connectivity index is 1.43. The van der Waals surface area contributed by atoms with Crippen LogP contribution >= 0.6 is 11.6 Å². The number of hydrogen-bond donors (Lipinski definition) is 1. The van der Waals surface area contributed by atoms with E-state index in [4.69, 9.17) is 16.6 Å². The lowest BCUT2D eigenvalue weighted by Gasteiger charge is -2.30. The van der Waals surface area contributed by atoms with E-state index in [0.29, 0.717) is 24.5 Å². The number of nitrogens with zero attached hydrogens (tertiary/aromatic N) is 3. The number of likely N-dealkylation sites (tertiary alicyclic amines) is 1. The number of rotatable bonds is 2. The summed E-state index contributed by atoms with van der Waals surface area (Å²) in [7, 11) is 0. The Kier molecular flexibility index (Phi) is 5.50. The first kappa shape index (κ1) is 20.5. The molecule has 0 spiro atoms. The lowest BCUT2D eigenvalue weighted by molar-refractivity contribution is -0.904. The smallest absolute Gasteiger partial charge is 0.227 e. The highest BCUT2D eigenvalue weighted by Gasteiger charge is 2.25. The van der Waals surface area contributed by atoms with Crippen LogP contribution in [-0.4, -0.2) is 34.1 Å². The van der Waals surface area contributed by atoms with Gasteiger partial charge in [-0.2, -0.15) is 0 Å². The van der Waals surface area contributed by atoms with Crippen LogP contribution in [0.2, 0.25) is 5.02 Å². The zero-order valence-electron chi connectivity index (χ0n) is 17.5. The van der Waals surface area contributed by atoms with Crippen molar-refractivity contribution in [2.45, 2.75) is 19.3 Å². The van der Waals surface area contributed by atoms with E-state index in [9.17, 15) is 10.0 Å². The summed E-state index contributed by atoms with van der Waals surface area (Å²) in [6.45, 7) is 1.37. The normalized spacial score (nSPS) is 15.2. The van der Waals surface area contributed by atoms with E-state index >= 15 is 0 Å². The Morgan fingerprint density at radius 3 is 2.59 bits per heavy atom. The molecule has 1 N–H and O–H groups in total. The summed E-state index contributed by atoms with van der Waals surface area (Å²) in [5.41, 5.74) is 7.68. The van der Waals surface area contributed by atoms with Crippen molar-refractivity contribution in [2.75, 3.05) is 13.1 Å². The fraction of sp³-hybridized carbons (Fsp3) is 0.192. The third-order valence-corrected chi connectivity index (χ3v) is 6.35. The lowest BCUT2D eigenvalue weighted by Crippen LogP contribution is -2.37. The standard InChI is InChI=1S/C26H23ClN3O2/c27-22-5-6-23-21(17-22)4-3-20-2-1-11-28-26(20)25(23)19-9-12-29(13-10-19)24(31)16-18-7-14-30(32)15-8-18/h1-8,11,14-15,17,32H,9-10,12-13,16H2/q+1. The molecule has 5 nitrogen and oxygen atoms in total. The molecular formula is C26H23ClN3O2+. The minimum absolute atomic E-state index is 0.109. The van der Waals surface area contributed by atoms with Gasteiger partial charge in [-0.3, -0.25) is 15.0 Å². The van der Waals surface area contributed by atoms with Crippen molar-refractivity contribution in [3.63, 3.8) is 0 Å². The molecule has 0 radical (unpaired) electrons. The summed E-state index contributed by atoms with van der Waals surface area (Å²) in [6, 6.07) is 13.6. The minimum Gasteiger partial charge on any atom is -0.342 e. The highest BCUT2D eigenvalue weighted by molar-refractivity contribution is 6.30. The number of carbonyl (C=O) groups is 1. The van der Waals surface area contributed by atoms with Gasteiger partial charge in [0.25, 0.3) is 0 Å². The molecule has 0 bridgehead atoms. The Bertz CT molecular complexity index is 1240. The van der Waals surface area contributed by atoms with E-state index in [-0.39, 0.29) is 5.91 Å². The van der Waals surface area contributed by atoms with E-state index in [0.717, 1.165) is 45.5 Å². The average Bonchev–Trinajstić information content (AvgIpc) is 2.97. The van der Waals surface area contributed by atoms with Crippen molar-refractivity contribution in [2.24, 2.45) is 0 Å². The third kappa shape index (κ3) is 4.04. The molecule has 3 aromatic rings. The predicted molar refractivity (Wildman–Crippen MR) is 124 cm³/mol. The van der Waals surface area contributed by atoms with Gasteiger partial charge < -0.3 is 4.90 Å². The second-order valence-corrected chi connectivity index (χ2v) is 8.57. The number of fused-ring (bicyclic) bond motifs is 2. The second-order valence-electron chi connectivity index (χ2n) is 8.13.